The van der Waals surface area contributed by atoms with E-state index in [1.54, 1.807) is 0 Å². The van der Waals surface area contributed by atoms with E-state index in [2.05, 4.69) is 19.9 Å². The number of unbranched alkanes of at least 4 members (excludes halogenated alkanes) is 2. The first-order valence-electron chi connectivity index (χ1n) is 11.8. The van der Waals surface area contributed by atoms with E-state index >= 15 is 0 Å². The van der Waals surface area contributed by atoms with E-state index in [1.807, 2.05) is 0 Å². The zero-order valence-electron chi connectivity index (χ0n) is 17.8. The predicted molar refractivity (Wildman–Crippen MR) is 109 cm³/mol. The molecule has 3 heteroatoms. The Morgan fingerprint density at radius 1 is 0.815 bits per heavy atom. The van der Waals surface area contributed by atoms with Crippen molar-refractivity contribution < 1.29 is 9.47 Å². The van der Waals surface area contributed by atoms with Crippen molar-refractivity contribution in [3.05, 3.63) is 0 Å². The third kappa shape index (κ3) is 5.48. The lowest BCUT2D eigenvalue weighted by Crippen LogP contribution is -2.44. The van der Waals surface area contributed by atoms with Crippen LogP contribution in [-0.2, 0) is 9.47 Å². The summed E-state index contributed by atoms with van der Waals surface area (Å²) in [7, 11) is 0. The maximum atomic E-state index is 9.39. The quantitative estimate of drug-likeness (QED) is 0.479. The molecule has 0 radical (unpaired) electrons. The topological polar surface area (TPSA) is 42.2 Å². The van der Waals surface area contributed by atoms with Crippen LogP contribution >= 0.6 is 0 Å². The molecule has 1 aliphatic heterocycles. The lowest BCUT2D eigenvalue weighted by Gasteiger charge is -2.42. The number of nitriles is 1. The Bertz CT molecular complexity index is 461. The molecule has 0 N–H and O–H groups in total. The smallest absolute Gasteiger partial charge is 0.160 e. The van der Waals surface area contributed by atoms with Crippen LogP contribution < -0.4 is 0 Å². The molecule has 3 fully saturated rings. The van der Waals surface area contributed by atoms with Gasteiger partial charge in [-0.1, -0.05) is 52.4 Å². The van der Waals surface area contributed by atoms with Gasteiger partial charge in [0.2, 0.25) is 0 Å². The van der Waals surface area contributed by atoms with Crippen molar-refractivity contribution in [3.8, 4) is 6.07 Å². The van der Waals surface area contributed by atoms with Gasteiger partial charge in [0.25, 0.3) is 0 Å². The highest BCUT2D eigenvalue weighted by atomic mass is 16.7. The summed E-state index contributed by atoms with van der Waals surface area (Å²) in [5.41, 5.74) is -0.413. The first-order valence-corrected chi connectivity index (χ1v) is 11.8. The zero-order valence-corrected chi connectivity index (χ0v) is 17.8. The van der Waals surface area contributed by atoms with Gasteiger partial charge in [-0.25, -0.2) is 0 Å². The van der Waals surface area contributed by atoms with Crippen LogP contribution in [-0.4, -0.2) is 19.5 Å². The molecule has 0 spiro atoms. The van der Waals surface area contributed by atoms with Crippen LogP contribution in [0.25, 0.3) is 0 Å². The van der Waals surface area contributed by atoms with Gasteiger partial charge < -0.3 is 9.47 Å². The summed E-state index contributed by atoms with van der Waals surface area (Å²) < 4.78 is 12.0. The fourth-order valence-electron chi connectivity index (χ4n) is 5.71. The second-order valence-corrected chi connectivity index (χ2v) is 9.69. The Morgan fingerprint density at radius 2 is 1.37 bits per heavy atom. The van der Waals surface area contributed by atoms with E-state index in [9.17, 15) is 5.26 Å². The molecule has 0 atom stereocenters. The molecule has 3 rings (SSSR count). The van der Waals surface area contributed by atoms with Crippen molar-refractivity contribution in [2.24, 2.45) is 29.1 Å². The first-order chi connectivity index (χ1) is 13.2. The Hall–Kier alpha value is -0.590. The van der Waals surface area contributed by atoms with Gasteiger partial charge in [-0.3, -0.25) is 0 Å². The van der Waals surface area contributed by atoms with Crippen LogP contribution in [0.2, 0.25) is 0 Å². The highest BCUT2D eigenvalue weighted by Crippen LogP contribution is 2.44. The van der Waals surface area contributed by atoms with Gasteiger partial charge in [0.1, 0.15) is 5.41 Å². The highest BCUT2D eigenvalue weighted by molar-refractivity contribution is 5.00. The molecular weight excluding hydrogens is 334 g/mol. The molecule has 2 aliphatic carbocycles. The average molecular weight is 376 g/mol. The van der Waals surface area contributed by atoms with E-state index in [-0.39, 0.29) is 6.29 Å². The second kappa shape index (κ2) is 10.3. The highest BCUT2D eigenvalue weighted by Gasteiger charge is 2.40. The Labute approximate surface area is 167 Å². The van der Waals surface area contributed by atoms with Gasteiger partial charge in [-0.2, -0.15) is 5.26 Å². The lowest BCUT2D eigenvalue weighted by atomic mass is 9.68. The van der Waals surface area contributed by atoms with Crippen molar-refractivity contribution in [3.63, 3.8) is 0 Å². The fraction of sp³-hybridized carbons (Fsp3) is 0.958. The van der Waals surface area contributed by atoms with Crippen LogP contribution in [0.3, 0.4) is 0 Å². The fourth-order valence-corrected chi connectivity index (χ4v) is 5.71. The Morgan fingerprint density at radius 3 is 1.89 bits per heavy atom. The predicted octanol–water partition coefficient (Wildman–Crippen LogP) is 6.47. The van der Waals surface area contributed by atoms with E-state index in [1.165, 1.54) is 77.0 Å². The summed E-state index contributed by atoms with van der Waals surface area (Å²) in [6, 6.07) is 2.41. The third-order valence-electron chi connectivity index (χ3n) is 7.94. The van der Waals surface area contributed by atoms with Gasteiger partial charge in [0.05, 0.1) is 19.3 Å². The molecule has 0 amide bonds. The minimum Gasteiger partial charge on any atom is -0.351 e. The molecule has 0 aromatic carbocycles. The zero-order chi connectivity index (χ0) is 19.1. The Kier molecular flexibility index (Phi) is 8.03. The molecule has 0 bridgehead atoms. The second-order valence-electron chi connectivity index (χ2n) is 9.69. The van der Waals surface area contributed by atoms with Gasteiger partial charge in [0.15, 0.2) is 6.29 Å². The molecule has 2 saturated carbocycles. The van der Waals surface area contributed by atoms with E-state index in [4.69, 9.17) is 9.47 Å². The molecule has 154 valence electrons. The minimum absolute atomic E-state index is 0.0618. The Balaban J connectivity index is 1.36. The van der Waals surface area contributed by atoms with E-state index in [0.717, 1.165) is 24.2 Å². The lowest BCUT2D eigenvalue weighted by molar-refractivity contribution is -0.244. The number of hydrogen-bond donors (Lipinski definition) is 0. The van der Waals surface area contributed by atoms with Crippen molar-refractivity contribution in [1.82, 2.24) is 0 Å². The molecule has 3 nitrogen and oxygen atoms in total. The van der Waals surface area contributed by atoms with Gasteiger partial charge in [-0.15, -0.1) is 0 Å². The molecule has 0 aromatic rings. The van der Waals surface area contributed by atoms with Crippen molar-refractivity contribution in [1.29, 1.82) is 5.26 Å². The molecule has 1 heterocycles. The van der Waals surface area contributed by atoms with Crippen LogP contribution in [0.15, 0.2) is 0 Å². The normalized spacial score (nSPS) is 40.4. The number of rotatable bonds is 7. The standard InChI is InChI=1S/C24H41NO2/c1-3-5-6-7-19-8-10-20(11-9-19)21-12-14-22(15-13-21)23-26-17-24(4-2,16-25)18-27-23/h19-23H,3-15,17-18H2,1-2H3. The molecule has 27 heavy (non-hydrogen) atoms. The van der Waals surface area contributed by atoms with Gasteiger partial charge >= 0.3 is 0 Å². The van der Waals surface area contributed by atoms with Crippen LogP contribution in [0.1, 0.15) is 97.3 Å². The van der Waals surface area contributed by atoms with Crippen LogP contribution in [0.4, 0.5) is 0 Å². The number of ether oxygens (including phenoxy) is 2. The average Bonchev–Trinajstić information content (AvgIpc) is 2.75. The summed E-state index contributed by atoms with van der Waals surface area (Å²) in [5.74, 6) is 3.48. The monoisotopic (exact) mass is 375 g/mol. The van der Waals surface area contributed by atoms with Crippen molar-refractivity contribution in [2.75, 3.05) is 13.2 Å². The molecule has 0 unspecified atom stereocenters. The van der Waals surface area contributed by atoms with Crippen molar-refractivity contribution in [2.45, 2.75) is 104 Å². The minimum atomic E-state index is -0.413. The summed E-state index contributed by atoms with van der Waals surface area (Å²) in [5, 5.41) is 9.39. The number of nitrogens with zero attached hydrogens (tertiary/aromatic N) is 1. The van der Waals surface area contributed by atoms with Gasteiger partial charge in [0, 0.05) is 5.92 Å². The maximum absolute atomic E-state index is 9.39. The first kappa shape index (κ1) is 21.1. The maximum Gasteiger partial charge on any atom is 0.160 e. The molecule has 0 aromatic heterocycles. The van der Waals surface area contributed by atoms with Gasteiger partial charge in [-0.05, 0) is 62.7 Å². The summed E-state index contributed by atoms with van der Waals surface area (Å²) in [6.45, 7) is 5.46. The van der Waals surface area contributed by atoms with Crippen molar-refractivity contribution >= 4 is 0 Å². The molecular formula is C24H41NO2. The summed E-state index contributed by atoms with van der Waals surface area (Å²) in [6.07, 6.45) is 17.6. The van der Waals surface area contributed by atoms with Crippen LogP contribution in [0.5, 0.6) is 0 Å². The summed E-state index contributed by atoms with van der Waals surface area (Å²) >= 11 is 0. The van der Waals surface area contributed by atoms with E-state index in [0.29, 0.717) is 19.1 Å². The third-order valence-corrected chi connectivity index (χ3v) is 7.94. The SMILES string of the molecule is CCCCCC1CCC(C2CCC(C3OCC(C#N)(CC)CO3)CC2)CC1. The number of hydrogen-bond acceptors (Lipinski definition) is 3. The molecule has 3 aliphatic rings. The van der Waals surface area contributed by atoms with E-state index < -0.39 is 5.41 Å². The largest absolute Gasteiger partial charge is 0.351 e. The molecule has 1 saturated heterocycles. The van der Waals surface area contributed by atoms with Crippen LogP contribution in [0, 0.1) is 40.4 Å². The summed E-state index contributed by atoms with van der Waals surface area (Å²) in [4.78, 5) is 0.